The lowest BCUT2D eigenvalue weighted by Crippen LogP contribution is -2.01. The molecule has 0 amide bonds. The van der Waals surface area contributed by atoms with E-state index in [-0.39, 0.29) is 0 Å². The molecule has 0 aliphatic carbocycles. The van der Waals surface area contributed by atoms with Crippen LogP contribution in [0, 0.1) is 6.92 Å². The highest BCUT2D eigenvalue weighted by Gasteiger charge is 2.08. The Morgan fingerprint density at radius 1 is 1.29 bits per heavy atom. The molecule has 0 aliphatic heterocycles. The highest BCUT2D eigenvalue weighted by Crippen LogP contribution is 2.30. The number of benzene rings is 1. The number of aromatic nitrogens is 2. The number of aryl methyl sites for hydroxylation is 2. The van der Waals surface area contributed by atoms with E-state index >= 15 is 0 Å². The summed E-state index contributed by atoms with van der Waals surface area (Å²) in [6, 6.07) is 8.41. The van der Waals surface area contributed by atoms with E-state index in [0.717, 1.165) is 41.1 Å². The maximum atomic E-state index is 5.57. The molecule has 0 saturated carbocycles. The van der Waals surface area contributed by atoms with Crippen LogP contribution in [0.15, 0.2) is 36.0 Å². The summed E-state index contributed by atoms with van der Waals surface area (Å²) in [6.07, 6.45) is 3.62. The van der Waals surface area contributed by atoms with E-state index in [1.165, 1.54) is 11.1 Å². The summed E-state index contributed by atoms with van der Waals surface area (Å²) >= 11 is 1.67. The number of fused-ring (bicyclic) bond motifs is 1. The predicted octanol–water partition coefficient (Wildman–Crippen LogP) is 3.63. The number of anilines is 2. The number of nitrogens with one attached hydrogen (secondary N) is 1. The molecular weight excluding hydrogens is 280 g/mol. The molecule has 4 nitrogen and oxygen atoms in total. The summed E-state index contributed by atoms with van der Waals surface area (Å²) in [5.74, 6) is 0.870. The molecule has 3 N–H and O–H groups in total. The van der Waals surface area contributed by atoms with E-state index in [4.69, 9.17) is 5.73 Å². The van der Waals surface area contributed by atoms with Gasteiger partial charge in [0.05, 0.1) is 10.2 Å². The SMILES string of the molecule is Cc1csc2c(Nc3cccc(CCCN)c3)ncnc12. The third kappa shape index (κ3) is 3.04. The van der Waals surface area contributed by atoms with Crippen molar-refractivity contribution in [2.75, 3.05) is 11.9 Å². The van der Waals surface area contributed by atoms with Crippen LogP contribution < -0.4 is 11.1 Å². The zero-order valence-electron chi connectivity index (χ0n) is 12.0. The van der Waals surface area contributed by atoms with E-state index in [1.807, 2.05) is 0 Å². The second kappa shape index (κ2) is 6.20. The van der Waals surface area contributed by atoms with Crippen molar-refractivity contribution in [1.82, 2.24) is 9.97 Å². The quantitative estimate of drug-likeness (QED) is 0.755. The maximum Gasteiger partial charge on any atom is 0.151 e. The van der Waals surface area contributed by atoms with Crippen molar-refractivity contribution in [3.63, 3.8) is 0 Å². The first-order valence-electron chi connectivity index (χ1n) is 7.03. The number of hydrogen-bond donors (Lipinski definition) is 2. The van der Waals surface area contributed by atoms with Gasteiger partial charge in [0.15, 0.2) is 5.82 Å². The maximum absolute atomic E-state index is 5.57. The van der Waals surface area contributed by atoms with Gasteiger partial charge in [0.2, 0.25) is 0 Å². The zero-order chi connectivity index (χ0) is 14.7. The van der Waals surface area contributed by atoms with Gasteiger partial charge in [0.1, 0.15) is 6.33 Å². The summed E-state index contributed by atoms with van der Waals surface area (Å²) in [5.41, 5.74) is 10.1. The van der Waals surface area contributed by atoms with Gasteiger partial charge in [-0.1, -0.05) is 12.1 Å². The molecule has 0 aliphatic rings. The van der Waals surface area contributed by atoms with E-state index in [0.29, 0.717) is 0 Å². The van der Waals surface area contributed by atoms with Crippen LogP contribution in [-0.2, 0) is 6.42 Å². The monoisotopic (exact) mass is 298 g/mol. The number of nitrogens with zero attached hydrogens (tertiary/aromatic N) is 2. The van der Waals surface area contributed by atoms with Gasteiger partial charge in [-0.15, -0.1) is 11.3 Å². The molecule has 1 aromatic carbocycles. The van der Waals surface area contributed by atoms with Crippen molar-refractivity contribution in [3.8, 4) is 0 Å². The predicted molar refractivity (Wildman–Crippen MR) is 89.3 cm³/mol. The van der Waals surface area contributed by atoms with E-state index in [9.17, 15) is 0 Å². The molecule has 0 bridgehead atoms. The van der Waals surface area contributed by atoms with Gasteiger partial charge in [0, 0.05) is 5.69 Å². The van der Waals surface area contributed by atoms with Crippen LogP contribution in [0.1, 0.15) is 17.5 Å². The molecule has 2 heterocycles. The van der Waals surface area contributed by atoms with Crippen LogP contribution in [0.2, 0.25) is 0 Å². The Labute approximate surface area is 128 Å². The Hall–Kier alpha value is -1.98. The normalized spacial score (nSPS) is 11.0. The lowest BCUT2D eigenvalue weighted by atomic mass is 10.1. The number of nitrogens with two attached hydrogens (primary N) is 1. The topological polar surface area (TPSA) is 63.8 Å². The molecule has 0 radical (unpaired) electrons. The molecule has 5 heteroatoms. The Balaban J connectivity index is 1.88. The number of hydrogen-bond acceptors (Lipinski definition) is 5. The largest absolute Gasteiger partial charge is 0.339 e. The van der Waals surface area contributed by atoms with Crippen molar-refractivity contribution < 1.29 is 0 Å². The number of rotatable bonds is 5. The van der Waals surface area contributed by atoms with Gasteiger partial charge in [-0.2, -0.15) is 0 Å². The summed E-state index contributed by atoms with van der Waals surface area (Å²) in [5, 5.41) is 5.52. The van der Waals surface area contributed by atoms with Gasteiger partial charge in [0.25, 0.3) is 0 Å². The standard InChI is InChI=1S/C16H18N4S/c1-11-9-21-15-14(11)18-10-19-16(15)20-13-6-2-4-12(8-13)5-3-7-17/h2,4,6,8-10H,3,5,7,17H2,1H3,(H,18,19,20). The minimum atomic E-state index is 0.721. The smallest absolute Gasteiger partial charge is 0.151 e. The van der Waals surface area contributed by atoms with Crippen molar-refractivity contribution in [2.45, 2.75) is 19.8 Å². The van der Waals surface area contributed by atoms with Crippen LogP contribution in [0.5, 0.6) is 0 Å². The molecule has 0 spiro atoms. The first-order valence-corrected chi connectivity index (χ1v) is 7.90. The van der Waals surface area contributed by atoms with E-state index in [2.05, 4.69) is 51.9 Å². The highest BCUT2D eigenvalue weighted by atomic mass is 32.1. The summed E-state index contributed by atoms with van der Waals surface area (Å²) < 4.78 is 1.10. The minimum absolute atomic E-state index is 0.721. The first kappa shape index (κ1) is 14.0. The second-order valence-electron chi connectivity index (χ2n) is 5.04. The summed E-state index contributed by atoms with van der Waals surface area (Å²) in [4.78, 5) is 8.72. The highest BCUT2D eigenvalue weighted by molar-refractivity contribution is 7.18. The van der Waals surface area contributed by atoms with Crippen molar-refractivity contribution >= 4 is 33.1 Å². The molecule has 3 rings (SSSR count). The molecule has 0 atom stereocenters. The second-order valence-corrected chi connectivity index (χ2v) is 5.92. The third-order valence-corrected chi connectivity index (χ3v) is 4.48. The van der Waals surface area contributed by atoms with Gasteiger partial charge >= 0.3 is 0 Å². The molecule has 0 unspecified atom stereocenters. The van der Waals surface area contributed by atoms with Crippen LogP contribution in [-0.4, -0.2) is 16.5 Å². The van der Waals surface area contributed by atoms with Gasteiger partial charge in [-0.3, -0.25) is 0 Å². The molecule has 108 valence electrons. The fourth-order valence-electron chi connectivity index (χ4n) is 2.31. The van der Waals surface area contributed by atoms with Crippen molar-refractivity contribution in [3.05, 3.63) is 47.1 Å². The Bertz CT molecular complexity index is 751. The Kier molecular flexibility index (Phi) is 4.13. The van der Waals surface area contributed by atoms with Gasteiger partial charge in [-0.05, 0) is 54.9 Å². The fourth-order valence-corrected chi connectivity index (χ4v) is 3.25. The fraction of sp³-hybridized carbons (Fsp3) is 0.250. The molecule has 0 fully saturated rings. The molecular formula is C16H18N4S. The Morgan fingerprint density at radius 3 is 3.05 bits per heavy atom. The van der Waals surface area contributed by atoms with Crippen LogP contribution in [0.4, 0.5) is 11.5 Å². The van der Waals surface area contributed by atoms with Crippen molar-refractivity contribution in [2.24, 2.45) is 5.73 Å². The lowest BCUT2D eigenvalue weighted by molar-refractivity contribution is 0.833. The van der Waals surface area contributed by atoms with Crippen LogP contribution in [0.25, 0.3) is 10.2 Å². The molecule has 3 aromatic rings. The number of thiophene rings is 1. The Morgan fingerprint density at radius 2 is 2.19 bits per heavy atom. The van der Waals surface area contributed by atoms with E-state index in [1.54, 1.807) is 17.7 Å². The van der Waals surface area contributed by atoms with Gasteiger partial charge < -0.3 is 11.1 Å². The van der Waals surface area contributed by atoms with Crippen LogP contribution in [0.3, 0.4) is 0 Å². The lowest BCUT2D eigenvalue weighted by Gasteiger charge is -2.08. The minimum Gasteiger partial charge on any atom is -0.339 e. The average Bonchev–Trinajstić information content (AvgIpc) is 2.88. The third-order valence-electron chi connectivity index (χ3n) is 3.39. The first-order chi connectivity index (χ1) is 10.3. The summed E-state index contributed by atoms with van der Waals surface area (Å²) in [7, 11) is 0. The molecule has 21 heavy (non-hydrogen) atoms. The van der Waals surface area contributed by atoms with Crippen molar-refractivity contribution in [1.29, 1.82) is 0 Å². The zero-order valence-corrected chi connectivity index (χ0v) is 12.8. The molecule has 0 saturated heterocycles. The molecule has 2 aromatic heterocycles. The summed E-state index contributed by atoms with van der Waals surface area (Å²) in [6.45, 7) is 2.79. The van der Waals surface area contributed by atoms with Crippen LogP contribution >= 0.6 is 11.3 Å². The van der Waals surface area contributed by atoms with Gasteiger partial charge in [-0.25, -0.2) is 9.97 Å². The van der Waals surface area contributed by atoms with E-state index < -0.39 is 0 Å². The average molecular weight is 298 g/mol.